The highest BCUT2D eigenvalue weighted by Crippen LogP contribution is 2.19. The Morgan fingerprint density at radius 2 is 2.42 bits per heavy atom. The molecule has 2 atom stereocenters. The highest BCUT2D eigenvalue weighted by atomic mass is 14.6. The predicted octanol–water partition coefficient (Wildman–Crippen LogP) is 2.64. The molecule has 12 heavy (non-hydrogen) atoms. The van der Waals surface area contributed by atoms with E-state index in [2.05, 4.69) is 31.2 Å². The van der Waals surface area contributed by atoms with Crippen LogP contribution in [0.4, 0.5) is 0 Å². The molecule has 0 radical (unpaired) electrons. The zero-order chi connectivity index (χ0) is 8.81. The lowest BCUT2D eigenvalue weighted by atomic mass is 9.93. The third-order valence-corrected chi connectivity index (χ3v) is 2.41. The molecular formula is C11H19N. The van der Waals surface area contributed by atoms with Crippen molar-refractivity contribution in [2.75, 3.05) is 0 Å². The van der Waals surface area contributed by atoms with Crippen LogP contribution < -0.4 is 5.73 Å². The molecule has 1 aliphatic rings. The van der Waals surface area contributed by atoms with Crippen LogP contribution >= 0.6 is 0 Å². The van der Waals surface area contributed by atoms with E-state index in [1.54, 1.807) is 0 Å². The minimum absolute atomic E-state index is 0.260. The van der Waals surface area contributed by atoms with Gasteiger partial charge in [0.25, 0.3) is 0 Å². The number of allylic oxidation sites excluding steroid dienone is 3. The molecule has 0 aliphatic heterocycles. The Kier molecular flexibility index (Phi) is 4.09. The molecule has 0 aromatic heterocycles. The van der Waals surface area contributed by atoms with E-state index >= 15 is 0 Å². The Hall–Kier alpha value is -0.560. The van der Waals surface area contributed by atoms with Gasteiger partial charge in [-0.15, -0.1) is 0 Å². The number of rotatable bonds is 3. The summed E-state index contributed by atoms with van der Waals surface area (Å²) in [5.41, 5.74) is 5.79. The van der Waals surface area contributed by atoms with Gasteiger partial charge in [0.1, 0.15) is 0 Å². The van der Waals surface area contributed by atoms with Crippen molar-refractivity contribution in [3.05, 3.63) is 24.3 Å². The van der Waals surface area contributed by atoms with Crippen molar-refractivity contribution in [2.24, 2.45) is 11.7 Å². The van der Waals surface area contributed by atoms with Gasteiger partial charge in [-0.3, -0.25) is 0 Å². The zero-order valence-electron chi connectivity index (χ0n) is 7.87. The third-order valence-electron chi connectivity index (χ3n) is 2.41. The summed E-state index contributed by atoms with van der Waals surface area (Å²) in [4.78, 5) is 0. The fraction of sp³-hybridized carbons (Fsp3) is 0.636. The molecule has 0 aromatic carbocycles. The average Bonchev–Trinajstić information content (AvgIpc) is 2.16. The normalized spacial score (nSPS) is 26.3. The lowest BCUT2D eigenvalue weighted by Gasteiger charge is -2.13. The van der Waals surface area contributed by atoms with Crippen LogP contribution in [0.1, 0.15) is 32.6 Å². The molecule has 1 heteroatoms. The summed E-state index contributed by atoms with van der Waals surface area (Å²) in [6, 6.07) is 0.260. The fourth-order valence-corrected chi connectivity index (χ4v) is 1.43. The molecule has 2 unspecified atom stereocenters. The van der Waals surface area contributed by atoms with E-state index in [4.69, 9.17) is 5.73 Å². The summed E-state index contributed by atoms with van der Waals surface area (Å²) in [6.07, 6.45) is 13.8. The van der Waals surface area contributed by atoms with Crippen molar-refractivity contribution in [3.63, 3.8) is 0 Å². The second kappa shape index (κ2) is 5.15. The standard InChI is InChI=1S/C11H19N/c1-2-11(12)9-8-10-6-4-3-5-7-10/h3-4,8-11H,2,5-7,12H2,1H3/b9-8-. The van der Waals surface area contributed by atoms with Crippen LogP contribution in [-0.4, -0.2) is 6.04 Å². The van der Waals surface area contributed by atoms with Gasteiger partial charge in [0.2, 0.25) is 0 Å². The number of nitrogens with two attached hydrogens (primary N) is 1. The van der Waals surface area contributed by atoms with Gasteiger partial charge in [-0.2, -0.15) is 0 Å². The molecule has 2 N–H and O–H groups in total. The molecule has 1 nitrogen and oxygen atoms in total. The van der Waals surface area contributed by atoms with E-state index in [1.807, 2.05) is 0 Å². The molecule has 0 aromatic rings. The molecule has 0 saturated carbocycles. The van der Waals surface area contributed by atoms with E-state index < -0.39 is 0 Å². The SMILES string of the molecule is CCC(N)/C=C\C1CC=CCC1. The van der Waals surface area contributed by atoms with Crippen molar-refractivity contribution in [2.45, 2.75) is 38.6 Å². The van der Waals surface area contributed by atoms with Crippen LogP contribution in [0.25, 0.3) is 0 Å². The average molecular weight is 165 g/mol. The Labute approximate surface area is 75.3 Å². The second-order valence-electron chi connectivity index (χ2n) is 3.50. The molecule has 0 saturated heterocycles. The molecule has 0 amide bonds. The maximum atomic E-state index is 5.79. The molecule has 0 spiro atoms. The quantitative estimate of drug-likeness (QED) is 0.639. The number of hydrogen-bond donors (Lipinski definition) is 1. The van der Waals surface area contributed by atoms with Gasteiger partial charge in [0, 0.05) is 6.04 Å². The van der Waals surface area contributed by atoms with Crippen molar-refractivity contribution < 1.29 is 0 Å². The van der Waals surface area contributed by atoms with Crippen LogP contribution in [0.5, 0.6) is 0 Å². The summed E-state index contributed by atoms with van der Waals surface area (Å²) in [7, 11) is 0. The van der Waals surface area contributed by atoms with Gasteiger partial charge in [-0.1, -0.05) is 31.2 Å². The first-order chi connectivity index (χ1) is 5.83. The van der Waals surface area contributed by atoms with Gasteiger partial charge < -0.3 is 5.73 Å². The van der Waals surface area contributed by atoms with E-state index in [9.17, 15) is 0 Å². The van der Waals surface area contributed by atoms with Crippen molar-refractivity contribution >= 4 is 0 Å². The topological polar surface area (TPSA) is 26.0 Å². The van der Waals surface area contributed by atoms with Gasteiger partial charge in [-0.25, -0.2) is 0 Å². The first-order valence-corrected chi connectivity index (χ1v) is 4.92. The summed E-state index contributed by atoms with van der Waals surface area (Å²) in [5.74, 6) is 0.743. The van der Waals surface area contributed by atoms with E-state index in [-0.39, 0.29) is 6.04 Å². The summed E-state index contributed by atoms with van der Waals surface area (Å²) < 4.78 is 0. The van der Waals surface area contributed by atoms with E-state index in [0.717, 1.165) is 12.3 Å². The van der Waals surface area contributed by atoms with Crippen LogP contribution in [0.2, 0.25) is 0 Å². The molecule has 0 fully saturated rings. The predicted molar refractivity (Wildman–Crippen MR) is 53.9 cm³/mol. The van der Waals surface area contributed by atoms with Crippen LogP contribution in [0, 0.1) is 5.92 Å². The van der Waals surface area contributed by atoms with Crippen molar-refractivity contribution in [1.29, 1.82) is 0 Å². The Bertz CT molecular complexity index is 170. The lowest BCUT2D eigenvalue weighted by molar-refractivity contribution is 0.579. The minimum atomic E-state index is 0.260. The smallest absolute Gasteiger partial charge is 0.0221 e. The highest BCUT2D eigenvalue weighted by Gasteiger charge is 2.05. The summed E-state index contributed by atoms with van der Waals surface area (Å²) >= 11 is 0. The molecular weight excluding hydrogens is 146 g/mol. The van der Waals surface area contributed by atoms with E-state index in [1.165, 1.54) is 19.3 Å². The highest BCUT2D eigenvalue weighted by molar-refractivity contribution is 5.01. The maximum Gasteiger partial charge on any atom is 0.0221 e. The Balaban J connectivity index is 2.29. The van der Waals surface area contributed by atoms with Gasteiger partial charge in [-0.05, 0) is 31.6 Å². The maximum absolute atomic E-state index is 5.79. The van der Waals surface area contributed by atoms with E-state index in [0.29, 0.717) is 0 Å². The Morgan fingerprint density at radius 1 is 1.58 bits per heavy atom. The van der Waals surface area contributed by atoms with Crippen molar-refractivity contribution in [3.8, 4) is 0 Å². The van der Waals surface area contributed by atoms with Gasteiger partial charge in [0.05, 0.1) is 0 Å². The van der Waals surface area contributed by atoms with Crippen LogP contribution in [0.15, 0.2) is 24.3 Å². The van der Waals surface area contributed by atoms with Crippen LogP contribution in [0.3, 0.4) is 0 Å². The summed E-state index contributed by atoms with van der Waals surface area (Å²) in [6.45, 7) is 2.12. The number of hydrogen-bond acceptors (Lipinski definition) is 1. The molecule has 1 rings (SSSR count). The summed E-state index contributed by atoms with van der Waals surface area (Å²) in [5, 5.41) is 0. The van der Waals surface area contributed by atoms with Gasteiger partial charge >= 0.3 is 0 Å². The third kappa shape index (κ3) is 3.22. The van der Waals surface area contributed by atoms with Crippen LogP contribution in [-0.2, 0) is 0 Å². The monoisotopic (exact) mass is 165 g/mol. The zero-order valence-corrected chi connectivity index (χ0v) is 7.87. The molecule has 68 valence electrons. The second-order valence-corrected chi connectivity index (χ2v) is 3.50. The molecule has 1 aliphatic carbocycles. The van der Waals surface area contributed by atoms with Crippen molar-refractivity contribution in [1.82, 2.24) is 0 Å². The first kappa shape index (κ1) is 9.53. The minimum Gasteiger partial charge on any atom is -0.324 e. The first-order valence-electron chi connectivity index (χ1n) is 4.92. The van der Waals surface area contributed by atoms with Gasteiger partial charge in [0.15, 0.2) is 0 Å². The molecule has 0 heterocycles. The largest absolute Gasteiger partial charge is 0.324 e. The lowest BCUT2D eigenvalue weighted by Crippen LogP contribution is -2.15. The molecule has 0 bridgehead atoms. The fourth-order valence-electron chi connectivity index (χ4n) is 1.43. The Morgan fingerprint density at radius 3 is 3.00 bits per heavy atom.